The normalized spacial score (nSPS) is 19.6. The van der Waals surface area contributed by atoms with E-state index < -0.39 is 5.54 Å². The van der Waals surface area contributed by atoms with Crippen LogP contribution >= 0.6 is 11.6 Å². The molecule has 1 fully saturated rings. The topological polar surface area (TPSA) is 41.6 Å². The highest BCUT2D eigenvalue weighted by Crippen LogP contribution is 2.31. The number of hydrogen-bond acceptors (Lipinski definition) is 4. The molecule has 1 atom stereocenters. The van der Waals surface area contributed by atoms with Gasteiger partial charge >= 0.3 is 5.97 Å². The van der Waals surface area contributed by atoms with Crippen LogP contribution in [-0.2, 0) is 15.1 Å². The Morgan fingerprint density at radius 3 is 2.71 bits per heavy atom. The van der Waals surface area contributed by atoms with Crippen LogP contribution in [0.4, 0.5) is 0 Å². The maximum absolute atomic E-state index is 12.6. The first kappa shape index (κ1) is 16.3. The number of nitrogens with zero attached hydrogens (tertiary/aromatic N) is 1. The van der Waals surface area contributed by atoms with Gasteiger partial charge in [-0.3, -0.25) is 4.90 Å². The molecule has 4 nitrogen and oxygen atoms in total. The van der Waals surface area contributed by atoms with E-state index in [2.05, 4.69) is 10.2 Å². The van der Waals surface area contributed by atoms with E-state index in [-0.39, 0.29) is 5.97 Å². The van der Waals surface area contributed by atoms with Gasteiger partial charge in [-0.25, -0.2) is 4.79 Å². The minimum atomic E-state index is -0.771. The molecule has 1 aliphatic rings. The summed E-state index contributed by atoms with van der Waals surface area (Å²) in [7, 11) is 0. The summed E-state index contributed by atoms with van der Waals surface area (Å²) in [5.74, 6) is -0.200. The Bertz CT molecular complexity index is 470. The molecule has 1 unspecified atom stereocenters. The van der Waals surface area contributed by atoms with Gasteiger partial charge in [0.15, 0.2) is 0 Å². The lowest BCUT2D eigenvalue weighted by atomic mass is 9.89. The quantitative estimate of drug-likeness (QED) is 0.867. The van der Waals surface area contributed by atoms with Gasteiger partial charge in [0.2, 0.25) is 0 Å². The maximum Gasteiger partial charge on any atom is 0.330 e. The van der Waals surface area contributed by atoms with Crippen molar-refractivity contribution >= 4 is 17.6 Å². The van der Waals surface area contributed by atoms with Crippen LogP contribution in [0.3, 0.4) is 0 Å². The second kappa shape index (κ2) is 7.25. The lowest BCUT2D eigenvalue weighted by Crippen LogP contribution is -2.52. The molecular weight excluding hydrogens is 288 g/mol. The van der Waals surface area contributed by atoms with Crippen LogP contribution in [0.5, 0.6) is 0 Å². The predicted molar refractivity (Wildman–Crippen MR) is 84.5 cm³/mol. The van der Waals surface area contributed by atoms with E-state index in [0.29, 0.717) is 11.6 Å². The zero-order valence-corrected chi connectivity index (χ0v) is 13.4. The van der Waals surface area contributed by atoms with Crippen LogP contribution in [0.25, 0.3) is 0 Å². The fraction of sp³-hybridized carbons (Fsp3) is 0.562. The molecule has 5 heteroatoms. The van der Waals surface area contributed by atoms with Crippen molar-refractivity contribution in [3.63, 3.8) is 0 Å². The Labute approximate surface area is 131 Å². The first-order valence-electron chi connectivity index (χ1n) is 7.48. The minimum absolute atomic E-state index is 0.200. The maximum atomic E-state index is 12.6. The molecular formula is C16H23ClN2O2. The highest BCUT2D eigenvalue weighted by atomic mass is 35.5. The third kappa shape index (κ3) is 3.57. The fourth-order valence-electron chi connectivity index (χ4n) is 2.77. The number of ether oxygens (including phenoxy) is 1. The third-order valence-corrected chi connectivity index (χ3v) is 4.30. The van der Waals surface area contributed by atoms with Crippen molar-refractivity contribution < 1.29 is 9.53 Å². The fourth-order valence-corrected chi connectivity index (χ4v) is 2.89. The van der Waals surface area contributed by atoms with Crippen LogP contribution in [0.2, 0.25) is 5.02 Å². The second-order valence-corrected chi connectivity index (χ2v) is 5.83. The molecule has 1 heterocycles. The number of benzene rings is 1. The van der Waals surface area contributed by atoms with Crippen LogP contribution in [0, 0.1) is 0 Å². The lowest BCUT2D eigenvalue weighted by molar-refractivity contribution is -0.157. The first-order chi connectivity index (χ1) is 10.1. The van der Waals surface area contributed by atoms with Gasteiger partial charge in [0.1, 0.15) is 5.54 Å². The molecule has 1 aromatic carbocycles. The van der Waals surface area contributed by atoms with E-state index in [0.717, 1.165) is 38.2 Å². The molecule has 1 saturated heterocycles. The molecule has 0 aromatic heterocycles. The number of nitrogens with one attached hydrogen (secondary N) is 1. The lowest BCUT2D eigenvalue weighted by Gasteiger charge is -2.38. The van der Waals surface area contributed by atoms with Gasteiger partial charge in [-0.1, -0.05) is 23.7 Å². The van der Waals surface area contributed by atoms with Crippen molar-refractivity contribution in [2.75, 3.05) is 32.8 Å². The van der Waals surface area contributed by atoms with Crippen LogP contribution < -0.4 is 5.32 Å². The summed E-state index contributed by atoms with van der Waals surface area (Å²) in [6, 6.07) is 7.48. The number of carbonyl (C=O) groups is 1. The standard InChI is InChI=1S/C16H23ClN2O2/c1-3-21-15(20)16(2,13-5-7-14(17)8-6-13)19-11-4-9-18-10-12-19/h5-8,18H,3-4,9-12H2,1-2H3. The summed E-state index contributed by atoms with van der Waals surface area (Å²) in [4.78, 5) is 14.8. The van der Waals surface area contributed by atoms with E-state index >= 15 is 0 Å². The van der Waals surface area contributed by atoms with Gasteiger partial charge in [-0.15, -0.1) is 0 Å². The predicted octanol–water partition coefficient (Wildman–Crippen LogP) is 2.41. The summed E-state index contributed by atoms with van der Waals surface area (Å²) in [6.07, 6.45) is 1.02. The molecule has 0 amide bonds. The minimum Gasteiger partial charge on any atom is -0.464 e. The van der Waals surface area contributed by atoms with E-state index in [1.165, 1.54) is 0 Å². The molecule has 1 aliphatic heterocycles. The monoisotopic (exact) mass is 310 g/mol. The number of carbonyl (C=O) groups excluding carboxylic acids is 1. The summed E-state index contributed by atoms with van der Waals surface area (Å²) in [6.45, 7) is 7.71. The highest BCUT2D eigenvalue weighted by molar-refractivity contribution is 6.30. The Morgan fingerprint density at radius 1 is 1.33 bits per heavy atom. The van der Waals surface area contributed by atoms with Crippen LogP contribution in [-0.4, -0.2) is 43.7 Å². The van der Waals surface area contributed by atoms with Crippen molar-refractivity contribution in [2.24, 2.45) is 0 Å². The summed E-state index contributed by atoms with van der Waals surface area (Å²) < 4.78 is 5.35. The SMILES string of the molecule is CCOC(=O)C(C)(c1ccc(Cl)cc1)N1CCCNCC1. The van der Waals surface area contributed by atoms with Crippen molar-refractivity contribution in [3.8, 4) is 0 Å². The second-order valence-electron chi connectivity index (χ2n) is 5.39. The molecule has 21 heavy (non-hydrogen) atoms. The van der Waals surface area contributed by atoms with Gasteiger partial charge in [0, 0.05) is 24.7 Å². The van der Waals surface area contributed by atoms with E-state index in [1.807, 2.05) is 38.1 Å². The van der Waals surface area contributed by atoms with E-state index in [4.69, 9.17) is 16.3 Å². The Hall–Kier alpha value is -1.10. The average Bonchev–Trinajstić information content (AvgIpc) is 2.77. The first-order valence-corrected chi connectivity index (χ1v) is 7.86. The smallest absolute Gasteiger partial charge is 0.330 e. The molecule has 0 saturated carbocycles. The van der Waals surface area contributed by atoms with Crippen LogP contribution in [0.15, 0.2) is 24.3 Å². The molecule has 0 aliphatic carbocycles. The van der Waals surface area contributed by atoms with Gasteiger partial charge in [0.05, 0.1) is 6.61 Å². The molecule has 0 radical (unpaired) electrons. The zero-order chi connectivity index (χ0) is 15.3. The van der Waals surface area contributed by atoms with Gasteiger partial charge < -0.3 is 10.1 Å². The van der Waals surface area contributed by atoms with Crippen molar-refractivity contribution in [1.29, 1.82) is 0 Å². The molecule has 1 N–H and O–H groups in total. The van der Waals surface area contributed by atoms with E-state index in [9.17, 15) is 4.79 Å². The van der Waals surface area contributed by atoms with Crippen LogP contribution in [0.1, 0.15) is 25.8 Å². The van der Waals surface area contributed by atoms with Crippen molar-refractivity contribution in [1.82, 2.24) is 10.2 Å². The molecule has 1 aromatic rings. The number of hydrogen-bond donors (Lipinski definition) is 1. The summed E-state index contributed by atoms with van der Waals surface area (Å²) >= 11 is 5.97. The largest absolute Gasteiger partial charge is 0.464 e. The van der Waals surface area contributed by atoms with Gasteiger partial charge in [-0.2, -0.15) is 0 Å². The summed E-state index contributed by atoms with van der Waals surface area (Å²) in [5, 5.41) is 4.03. The summed E-state index contributed by atoms with van der Waals surface area (Å²) in [5.41, 5.74) is 0.152. The number of esters is 1. The Morgan fingerprint density at radius 2 is 2.05 bits per heavy atom. The zero-order valence-electron chi connectivity index (χ0n) is 12.7. The average molecular weight is 311 g/mol. The number of rotatable bonds is 4. The Kier molecular flexibility index (Phi) is 5.62. The van der Waals surface area contributed by atoms with Gasteiger partial charge in [0.25, 0.3) is 0 Å². The van der Waals surface area contributed by atoms with Crippen molar-refractivity contribution in [2.45, 2.75) is 25.8 Å². The van der Waals surface area contributed by atoms with E-state index in [1.54, 1.807) is 0 Å². The molecule has 2 rings (SSSR count). The molecule has 116 valence electrons. The van der Waals surface area contributed by atoms with Gasteiger partial charge in [-0.05, 0) is 44.5 Å². The third-order valence-electron chi connectivity index (χ3n) is 4.05. The molecule has 0 bridgehead atoms. The Balaban J connectivity index is 2.37. The molecule has 0 spiro atoms. The highest BCUT2D eigenvalue weighted by Gasteiger charge is 2.42. The van der Waals surface area contributed by atoms with Crippen molar-refractivity contribution in [3.05, 3.63) is 34.9 Å². The number of halogens is 1.